The first-order chi connectivity index (χ1) is 25.2. The molecule has 1 saturated heterocycles. The van der Waals surface area contributed by atoms with Gasteiger partial charge >= 0.3 is 5.63 Å². The lowest BCUT2D eigenvalue weighted by atomic mass is 9.90. The average molecular weight is 700 g/mol. The lowest BCUT2D eigenvalue weighted by molar-refractivity contribution is 0.0533. The largest absolute Gasteiger partial charge is 0.508 e. The Morgan fingerprint density at radius 3 is 2.12 bits per heavy atom. The van der Waals surface area contributed by atoms with Gasteiger partial charge in [-0.25, -0.2) is 9.37 Å². The third kappa shape index (κ3) is 6.29. The van der Waals surface area contributed by atoms with Gasteiger partial charge in [0.15, 0.2) is 0 Å². The van der Waals surface area contributed by atoms with E-state index in [1.165, 1.54) is 18.2 Å². The molecule has 3 heterocycles. The lowest BCUT2D eigenvalue weighted by Gasteiger charge is -2.35. The molecule has 52 heavy (non-hydrogen) atoms. The lowest BCUT2D eigenvalue weighted by Crippen LogP contribution is -2.51. The van der Waals surface area contributed by atoms with Crippen molar-refractivity contribution < 1.29 is 23.5 Å². The number of nitrogens with zero attached hydrogens (tertiary/aromatic N) is 4. The van der Waals surface area contributed by atoms with E-state index < -0.39 is 11.5 Å². The summed E-state index contributed by atoms with van der Waals surface area (Å²) in [7, 11) is 0. The van der Waals surface area contributed by atoms with Crippen molar-refractivity contribution in [1.29, 1.82) is 0 Å². The third-order valence-electron chi connectivity index (χ3n) is 10.2. The number of amides is 2. The van der Waals surface area contributed by atoms with Crippen LogP contribution in [0.2, 0.25) is 0 Å². The topological polar surface area (TPSA) is 110 Å². The maximum Gasteiger partial charge on any atom is 0.349 e. The van der Waals surface area contributed by atoms with Gasteiger partial charge in [-0.05, 0) is 75.7 Å². The van der Waals surface area contributed by atoms with Crippen LogP contribution in [0.1, 0.15) is 48.4 Å². The van der Waals surface area contributed by atoms with E-state index in [1.807, 2.05) is 24.3 Å². The molecule has 0 bridgehead atoms. The molecule has 4 aromatic rings. The second-order valence-electron chi connectivity index (χ2n) is 13.0. The van der Waals surface area contributed by atoms with E-state index in [2.05, 4.69) is 73.6 Å². The minimum absolute atomic E-state index is 0.0328. The molecular formula is C42H43N4O6+. The van der Waals surface area contributed by atoms with Gasteiger partial charge in [0.25, 0.3) is 11.8 Å². The molecule has 2 amide bonds. The number of rotatable bonds is 8. The van der Waals surface area contributed by atoms with Crippen molar-refractivity contribution in [1.82, 2.24) is 14.4 Å². The van der Waals surface area contributed by atoms with Crippen LogP contribution in [0.3, 0.4) is 0 Å². The van der Waals surface area contributed by atoms with Gasteiger partial charge in [0.1, 0.15) is 41.3 Å². The monoisotopic (exact) mass is 699 g/mol. The molecule has 1 fully saturated rings. The van der Waals surface area contributed by atoms with Crippen molar-refractivity contribution in [2.75, 3.05) is 57.3 Å². The molecule has 0 spiro atoms. The van der Waals surface area contributed by atoms with Crippen molar-refractivity contribution in [2.45, 2.75) is 27.7 Å². The van der Waals surface area contributed by atoms with Crippen LogP contribution in [0.5, 0.6) is 5.75 Å². The zero-order valence-electron chi connectivity index (χ0n) is 30.0. The molecule has 3 aromatic carbocycles. The number of phenolic OH excluding ortho intramolecular Hbond substituents is 1. The summed E-state index contributed by atoms with van der Waals surface area (Å²) in [6.45, 7) is 13.1. The number of aromatic hydroxyl groups is 1. The molecule has 0 atom stereocenters. The average Bonchev–Trinajstić information content (AvgIpc) is 3.17. The highest BCUT2D eigenvalue weighted by Gasteiger charge is 2.30. The highest BCUT2D eigenvalue weighted by molar-refractivity contribution is 6.09. The maximum absolute atomic E-state index is 14.4. The molecule has 2 aliphatic heterocycles. The highest BCUT2D eigenvalue weighted by atomic mass is 16.4. The predicted octanol–water partition coefficient (Wildman–Crippen LogP) is 6.27. The van der Waals surface area contributed by atoms with Crippen LogP contribution >= 0.6 is 0 Å². The van der Waals surface area contributed by atoms with Crippen LogP contribution in [-0.2, 0) is 0 Å². The van der Waals surface area contributed by atoms with Gasteiger partial charge in [0.2, 0.25) is 5.36 Å². The van der Waals surface area contributed by atoms with Crippen LogP contribution in [0, 0.1) is 0 Å². The molecule has 10 heteroatoms. The second-order valence-corrected chi connectivity index (χ2v) is 13.0. The molecule has 10 nitrogen and oxygen atoms in total. The van der Waals surface area contributed by atoms with Crippen molar-refractivity contribution in [3.63, 3.8) is 0 Å². The van der Waals surface area contributed by atoms with Crippen molar-refractivity contribution in [2.24, 2.45) is 0 Å². The molecule has 1 N–H and O–H groups in total. The Morgan fingerprint density at radius 1 is 0.731 bits per heavy atom. The van der Waals surface area contributed by atoms with E-state index in [4.69, 9.17) is 8.83 Å². The number of fused-ring (bicyclic) bond motifs is 3. The fraction of sp³-hybridized carbons (Fsp3) is 0.286. The number of hydrogen-bond donors (Lipinski definition) is 1. The molecule has 1 aliphatic carbocycles. The summed E-state index contributed by atoms with van der Waals surface area (Å²) in [5, 5.41) is 12.3. The van der Waals surface area contributed by atoms with Crippen LogP contribution in [0.4, 0.5) is 5.69 Å². The second kappa shape index (κ2) is 14.4. The predicted molar refractivity (Wildman–Crippen MR) is 204 cm³/mol. The molecule has 0 saturated carbocycles. The Hall–Kier alpha value is -5.90. The van der Waals surface area contributed by atoms with Gasteiger partial charge in [0.05, 0.1) is 6.07 Å². The summed E-state index contributed by atoms with van der Waals surface area (Å²) in [6.07, 6.45) is 0. The number of hydrogen-bond acceptors (Lipinski definition) is 7. The first-order valence-corrected chi connectivity index (χ1v) is 18.0. The molecule has 266 valence electrons. The Bertz CT molecular complexity index is 2410. The van der Waals surface area contributed by atoms with E-state index in [0.29, 0.717) is 24.0 Å². The normalized spacial score (nSPS) is 13.2. The van der Waals surface area contributed by atoms with E-state index in [1.54, 1.807) is 15.9 Å². The summed E-state index contributed by atoms with van der Waals surface area (Å²) >= 11 is 0. The number of phenols is 1. The standard InChI is InChI=1S/C42H42N4O6/c1-5-43(6-2)28-14-17-33-37(24-28)51-38-25-29(44(7-3)8-4)15-18-34(38)39(33)31-11-9-10-12-32(31)40(48)45-19-21-46(22-20-45)41(49)35-23-27-13-16-30(47)26-36(27)52-42(35)50/h9-18,23-26H,5-8,19-22H2,1-4H3/p+1. The summed E-state index contributed by atoms with van der Waals surface area (Å²) in [5.41, 5.74) is 4.40. The number of piperazine rings is 1. The van der Waals surface area contributed by atoms with Crippen molar-refractivity contribution in [3.8, 4) is 28.2 Å². The summed E-state index contributed by atoms with van der Waals surface area (Å²) in [6, 6.07) is 26.2. The maximum atomic E-state index is 14.4. The van der Waals surface area contributed by atoms with E-state index in [9.17, 15) is 19.5 Å². The number of carbonyl (C=O) groups is 2. The molecular weight excluding hydrogens is 656 g/mol. The molecule has 7 rings (SSSR count). The minimum atomic E-state index is -0.766. The van der Waals surface area contributed by atoms with Gasteiger partial charge in [-0.15, -0.1) is 0 Å². The zero-order chi connectivity index (χ0) is 36.5. The van der Waals surface area contributed by atoms with Crippen LogP contribution < -0.4 is 20.5 Å². The summed E-state index contributed by atoms with van der Waals surface area (Å²) in [5.74, 6) is 0.132. The Kier molecular flexibility index (Phi) is 9.55. The van der Waals surface area contributed by atoms with Crippen LogP contribution in [-0.4, -0.2) is 79.1 Å². The molecule has 3 aliphatic rings. The SMILES string of the molecule is CCN(CC)c1ccc2c(-c3ccccc3C(=O)N3CCN(C(=O)c4cc5ccc(O)cc5oc4=O)CC3)c3ccc(=[N+](CC)CC)cc-3oc2c1. The molecule has 0 radical (unpaired) electrons. The summed E-state index contributed by atoms with van der Waals surface area (Å²) < 4.78 is 14.3. The smallest absolute Gasteiger partial charge is 0.349 e. The first-order valence-electron chi connectivity index (χ1n) is 18.0. The van der Waals surface area contributed by atoms with E-state index in [0.717, 1.165) is 70.6 Å². The Balaban J connectivity index is 1.24. The summed E-state index contributed by atoms with van der Waals surface area (Å²) in [4.78, 5) is 46.2. The van der Waals surface area contributed by atoms with Gasteiger partial charge < -0.3 is 28.6 Å². The Morgan fingerprint density at radius 2 is 1.42 bits per heavy atom. The molecule has 0 unspecified atom stereocenters. The third-order valence-corrected chi connectivity index (χ3v) is 10.2. The quantitative estimate of drug-likeness (QED) is 0.113. The fourth-order valence-corrected chi connectivity index (χ4v) is 7.32. The number of anilines is 1. The Labute approximate surface area is 301 Å². The van der Waals surface area contributed by atoms with Crippen molar-refractivity contribution in [3.05, 3.63) is 112 Å². The number of benzene rings is 4. The number of carbonyl (C=O) groups excluding carboxylic acids is 2. The highest BCUT2D eigenvalue weighted by Crippen LogP contribution is 2.42. The van der Waals surface area contributed by atoms with E-state index >= 15 is 0 Å². The van der Waals surface area contributed by atoms with Gasteiger partial charge in [-0.2, -0.15) is 0 Å². The van der Waals surface area contributed by atoms with Gasteiger partial charge in [-0.3, -0.25) is 9.59 Å². The minimum Gasteiger partial charge on any atom is -0.508 e. The van der Waals surface area contributed by atoms with Crippen molar-refractivity contribution >= 4 is 39.4 Å². The molecule has 1 aromatic heterocycles. The fourth-order valence-electron chi connectivity index (χ4n) is 7.32. The first kappa shape index (κ1) is 34.5. The van der Waals surface area contributed by atoms with Gasteiger partial charge in [-0.1, -0.05) is 18.2 Å². The van der Waals surface area contributed by atoms with E-state index in [-0.39, 0.29) is 35.9 Å². The van der Waals surface area contributed by atoms with Crippen LogP contribution in [0.15, 0.2) is 98.6 Å². The van der Waals surface area contributed by atoms with Gasteiger partial charge in [0, 0.05) is 90.6 Å². The van der Waals surface area contributed by atoms with Crippen LogP contribution in [0.25, 0.3) is 44.4 Å². The zero-order valence-corrected chi connectivity index (χ0v) is 30.0.